The number of nitrogens with zero attached hydrogens (tertiary/aromatic N) is 1. The molecule has 1 heterocycles. The molecule has 27 heavy (non-hydrogen) atoms. The van der Waals surface area contributed by atoms with Crippen LogP contribution in [0.5, 0.6) is 0 Å². The van der Waals surface area contributed by atoms with Crippen LogP contribution in [0, 0.1) is 17.1 Å². The smallest absolute Gasteiger partial charge is 0.246 e. The van der Waals surface area contributed by atoms with Gasteiger partial charge in [-0.2, -0.15) is 5.26 Å². The van der Waals surface area contributed by atoms with E-state index >= 15 is 0 Å². The lowest BCUT2D eigenvalue weighted by atomic mass is 9.99. The molecule has 1 amide bonds. The number of hydrogen-bond acceptors (Lipinski definition) is 4. The van der Waals surface area contributed by atoms with E-state index < -0.39 is 11.8 Å². The molecule has 138 valence electrons. The van der Waals surface area contributed by atoms with Gasteiger partial charge < -0.3 is 20.4 Å². The largest absolute Gasteiger partial charge is 0.388 e. The number of amides is 1. The molecule has 0 radical (unpaired) electrons. The fraction of sp³-hybridized carbons (Fsp3) is 0.150. The first-order valence-corrected chi connectivity index (χ1v) is 8.18. The van der Waals surface area contributed by atoms with E-state index in [1.165, 1.54) is 19.1 Å². The Balaban J connectivity index is 0.000000817. The van der Waals surface area contributed by atoms with Gasteiger partial charge in [-0.25, -0.2) is 4.39 Å². The zero-order valence-corrected chi connectivity index (χ0v) is 14.9. The van der Waals surface area contributed by atoms with Crippen LogP contribution < -0.4 is 10.6 Å². The summed E-state index contributed by atoms with van der Waals surface area (Å²) in [5, 5.41) is 15.8. The minimum atomic E-state index is -0.998. The predicted molar refractivity (Wildman–Crippen MR) is 103 cm³/mol. The summed E-state index contributed by atoms with van der Waals surface area (Å²) < 4.78 is 13.3. The fourth-order valence-electron chi connectivity index (χ4n) is 2.60. The minimum absolute atomic E-state index is 0.377. The Bertz CT molecular complexity index is 991. The van der Waals surface area contributed by atoms with Crippen molar-refractivity contribution in [3.63, 3.8) is 0 Å². The number of rotatable bonds is 4. The lowest BCUT2D eigenvalue weighted by Crippen LogP contribution is -2.19. The van der Waals surface area contributed by atoms with Crippen LogP contribution in [-0.2, 0) is 9.59 Å². The van der Waals surface area contributed by atoms with E-state index in [0.29, 0.717) is 22.2 Å². The Kier molecular flexibility index (Phi) is 6.67. The average Bonchev–Trinajstić information content (AvgIpc) is 3.06. The number of carbonyl (C=O) groups is 2. The maximum atomic E-state index is 13.3. The van der Waals surface area contributed by atoms with E-state index in [0.717, 1.165) is 12.0 Å². The lowest BCUT2D eigenvalue weighted by molar-refractivity contribution is -0.116. The Hall–Kier alpha value is -3.66. The molecule has 0 spiro atoms. The van der Waals surface area contributed by atoms with Crippen molar-refractivity contribution in [1.82, 2.24) is 4.98 Å². The number of aromatic nitrogens is 1. The zero-order chi connectivity index (χ0) is 19.8. The number of hydrogen-bond donors (Lipinski definition) is 3. The van der Waals surface area contributed by atoms with Gasteiger partial charge in [0.2, 0.25) is 5.91 Å². The molecule has 7 heteroatoms. The normalized spacial score (nSPS) is 10.9. The molecule has 0 saturated carbocycles. The SMILES string of the molecule is CC=O.CNc1cccc(NC(=O)C(C#N)c2c[nH]c3cc(F)ccc23)c1. The average molecular weight is 366 g/mol. The number of aromatic amines is 1. The summed E-state index contributed by atoms with van der Waals surface area (Å²) in [5.41, 5.74) is 2.52. The zero-order valence-electron chi connectivity index (χ0n) is 14.9. The third kappa shape index (κ3) is 4.70. The first kappa shape index (κ1) is 19.7. The number of aldehydes is 1. The highest BCUT2D eigenvalue weighted by molar-refractivity contribution is 6.01. The number of nitrogens with one attached hydrogen (secondary N) is 3. The molecule has 1 aromatic heterocycles. The number of anilines is 2. The molecule has 3 aromatic rings. The van der Waals surface area contributed by atoms with Crippen molar-refractivity contribution in [3.05, 3.63) is 60.0 Å². The second-order valence-corrected chi connectivity index (χ2v) is 5.55. The van der Waals surface area contributed by atoms with Crippen LogP contribution in [0.2, 0.25) is 0 Å². The Labute approximate surface area is 156 Å². The van der Waals surface area contributed by atoms with Gasteiger partial charge in [0.1, 0.15) is 12.1 Å². The van der Waals surface area contributed by atoms with E-state index in [1.54, 1.807) is 37.5 Å². The third-order valence-electron chi connectivity index (χ3n) is 3.80. The standard InChI is InChI=1S/C18H15FN4O.C2H4O/c1-21-12-3-2-4-13(8-12)23-18(24)15(9-20)16-10-22-17-7-11(19)5-6-14(16)17;1-2-3/h2-8,10,15,21-22H,1H3,(H,23,24);2H,1H3. The van der Waals surface area contributed by atoms with Gasteiger partial charge in [-0.05, 0) is 43.3 Å². The van der Waals surface area contributed by atoms with Crippen molar-refractivity contribution in [1.29, 1.82) is 5.26 Å². The second-order valence-electron chi connectivity index (χ2n) is 5.55. The van der Waals surface area contributed by atoms with Gasteiger partial charge in [0, 0.05) is 41.1 Å². The molecule has 3 N–H and O–H groups in total. The molecular weight excluding hydrogens is 347 g/mol. The molecule has 0 bridgehead atoms. The molecule has 0 aliphatic carbocycles. The summed E-state index contributed by atoms with van der Waals surface area (Å²) in [6.45, 7) is 1.44. The monoisotopic (exact) mass is 366 g/mol. The van der Waals surface area contributed by atoms with Crippen LogP contribution in [0.25, 0.3) is 10.9 Å². The molecule has 1 atom stereocenters. The Morgan fingerprint density at radius 2 is 1.96 bits per heavy atom. The van der Waals surface area contributed by atoms with E-state index in [-0.39, 0.29) is 5.82 Å². The van der Waals surface area contributed by atoms with Crippen molar-refractivity contribution in [3.8, 4) is 6.07 Å². The highest BCUT2D eigenvalue weighted by Crippen LogP contribution is 2.27. The van der Waals surface area contributed by atoms with Crippen LogP contribution in [0.3, 0.4) is 0 Å². The number of benzene rings is 2. The molecule has 0 aliphatic rings. The second kappa shape index (κ2) is 9.15. The van der Waals surface area contributed by atoms with E-state index in [9.17, 15) is 14.4 Å². The van der Waals surface area contributed by atoms with Crippen LogP contribution >= 0.6 is 0 Å². The first-order valence-electron chi connectivity index (χ1n) is 8.18. The number of nitriles is 1. The fourth-order valence-corrected chi connectivity index (χ4v) is 2.60. The summed E-state index contributed by atoms with van der Waals surface area (Å²) in [4.78, 5) is 24.2. The van der Waals surface area contributed by atoms with Crippen molar-refractivity contribution in [2.24, 2.45) is 0 Å². The van der Waals surface area contributed by atoms with Crippen molar-refractivity contribution < 1.29 is 14.0 Å². The van der Waals surface area contributed by atoms with Gasteiger partial charge in [-0.3, -0.25) is 4.79 Å². The number of halogens is 1. The Morgan fingerprint density at radius 1 is 1.26 bits per heavy atom. The first-order chi connectivity index (χ1) is 13.0. The van der Waals surface area contributed by atoms with E-state index in [4.69, 9.17) is 4.79 Å². The van der Waals surface area contributed by atoms with Crippen molar-refractivity contribution in [2.45, 2.75) is 12.8 Å². The molecule has 0 saturated heterocycles. The van der Waals surface area contributed by atoms with Gasteiger partial charge in [-0.1, -0.05) is 6.07 Å². The summed E-state index contributed by atoms with van der Waals surface area (Å²) in [5.74, 6) is -1.81. The Morgan fingerprint density at radius 3 is 2.63 bits per heavy atom. The maximum Gasteiger partial charge on any atom is 0.246 e. The van der Waals surface area contributed by atoms with Crippen LogP contribution in [-0.4, -0.2) is 24.2 Å². The predicted octanol–water partition coefficient (Wildman–Crippen LogP) is 3.80. The molecular formula is C20H19FN4O2. The minimum Gasteiger partial charge on any atom is -0.388 e. The lowest BCUT2D eigenvalue weighted by Gasteiger charge is -2.11. The molecule has 6 nitrogen and oxygen atoms in total. The van der Waals surface area contributed by atoms with Gasteiger partial charge >= 0.3 is 0 Å². The molecule has 0 fully saturated rings. The van der Waals surface area contributed by atoms with Gasteiger partial charge in [-0.15, -0.1) is 0 Å². The van der Waals surface area contributed by atoms with E-state index in [2.05, 4.69) is 15.6 Å². The van der Waals surface area contributed by atoms with Crippen LogP contribution in [0.15, 0.2) is 48.7 Å². The summed E-state index contributed by atoms with van der Waals surface area (Å²) in [6.07, 6.45) is 2.32. The summed E-state index contributed by atoms with van der Waals surface area (Å²) >= 11 is 0. The summed E-state index contributed by atoms with van der Waals surface area (Å²) in [6, 6.07) is 13.4. The number of fused-ring (bicyclic) bond motifs is 1. The molecule has 1 unspecified atom stereocenters. The van der Waals surface area contributed by atoms with Crippen molar-refractivity contribution in [2.75, 3.05) is 17.7 Å². The quantitative estimate of drug-likeness (QED) is 0.612. The maximum absolute atomic E-state index is 13.3. The van der Waals surface area contributed by atoms with Gasteiger partial charge in [0.05, 0.1) is 6.07 Å². The summed E-state index contributed by atoms with van der Waals surface area (Å²) in [7, 11) is 1.78. The van der Waals surface area contributed by atoms with Gasteiger partial charge in [0.25, 0.3) is 0 Å². The highest BCUT2D eigenvalue weighted by atomic mass is 19.1. The topological polar surface area (TPSA) is 97.8 Å². The van der Waals surface area contributed by atoms with Crippen LogP contribution in [0.4, 0.5) is 15.8 Å². The molecule has 0 aliphatic heterocycles. The third-order valence-corrected chi connectivity index (χ3v) is 3.80. The molecule has 3 rings (SSSR count). The highest BCUT2D eigenvalue weighted by Gasteiger charge is 2.23. The van der Waals surface area contributed by atoms with Crippen molar-refractivity contribution >= 4 is 34.5 Å². The van der Waals surface area contributed by atoms with Crippen LogP contribution in [0.1, 0.15) is 18.4 Å². The number of H-pyrrole nitrogens is 1. The number of carbonyl (C=O) groups excluding carboxylic acids is 2. The molecule has 2 aromatic carbocycles. The van der Waals surface area contributed by atoms with Gasteiger partial charge in [0.15, 0.2) is 5.92 Å². The van der Waals surface area contributed by atoms with E-state index in [1.807, 2.05) is 12.1 Å².